The number of rotatable bonds is 3. The zero-order chi connectivity index (χ0) is 16.5. The van der Waals surface area contributed by atoms with Crippen molar-refractivity contribution < 1.29 is 9.53 Å². The van der Waals surface area contributed by atoms with Crippen LogP contribution in [0.5, 0.6) is 0 Å². The molecule has 7 heteroatoms. The molecule has 0 aliphatic carbocycles. The fourth-order valence-corrected chi connectivity index (χ4v) is 2.55. The second-order valence-corrected chi connectivity index (χ2v) is 5.22. The van der Waals surface area contributed by atoms with E-state index in [2.05, 4.69) is 15.3 Å². The third-order valence-corrected chi connectivity index (χ3v) is 3.76. The van der Waals surface area contributed by atoms with E-state index in [0.717, 1.165) is 15.6 Å². The van der Waals surface area contributed by atoms with E-state index in [0.29, 0.717) is 16.5 Å². The molecule has 0 atom stereocenters. The number of carbonyl (C=O) groups is 1. The molecular formula is C17H12N4O3. The van der Waals surface area contributed by atoms with E-state index >= 15 is 0 Å². The number of aromatic amines is 1. The van der Waals surface area contributed by atoms with Gasteiger partial charge in [-0.2, -0.15) is 4.68 Å². The lowest BCUT2D eigenvalue weighted by Gasteiger charge is -2.06. The summed E-state index contributed by atoms with van der Waals surface area (Å²) >= 11 is 0. The van der Waals surface area contributed by atoms with Gasteiger partial charge in [0.1, 0.15) is 5.52 Å². The highest BCUT2D eigenvalue weighted by molar-refractivity contribution is 6.03. The number of fused-ring (bicyclic) bond motifs is 2. The Morgan fingerprint density at radius 2 is 1.83 bits per heavy atom. The molecular weight excluding hydrogens is 308 g/mol. The van der Waals surface area contributed by atoms with Crippen LogP contribution in [0.3, 0.4) is 0 Å². The number of aromatic nitrogens is 4. The lowest BCUT2D eigenvalue weighted by molar-refractivity contribution is 0.0338. The maximum atomic E-state index is 12.3. The molecule has 0 fully saturated rings. The van der Waals surface area contributed by atoms with E-state index in [1.165, 1.54) is 0 Å². The van der Waals surface area contributed by atoms with E-state index in [4.69, 9.17) is 4.74 Å². The van der Waals surface area contributed by atoms with Gasteiger partial charge in [-0.3, -0.25) is 4.79 Å². The zero-order valence-corrected chi connectivity index (χ0v) is 12.5. The van der Waals surface area contributed by atoms with Crippen molar-refractivity contribution in [1.29, 1.82) is 0 Å². The normalized spacial score (nSPS) is 11.0. The first-order valence-electron chi connectivity index (χ1n) is 7.30. The molecule has 4 rings (SSSR count). The van der Waals surface area contributed by atoms with Crippen LogP contribution in [0.1, 0.15) is 10.4 Å². The van der Waals surface area contributed by atoms with Crippen LogP contribution in [0.25, 0.3) is 21.8 Å². The Morgan fingerprint density at radius 1 is 1.08 bits per heavy atom. The predicted octanol–water partition coefficient (Wildman–Crippen LogP) is 2.09. The first-order valence-corrected chi connectivity index (χ1v) is 7.30. The van der Waals surface area contributed by atoms with Gasteiger partial charge in [-0.25, -0.2) is 4.79 Å². The van der Waals surface area contributed by atoms with Crippen LogP contribution in [0.4, 0.5) is 0 Å². The smallest absolute Gasteiger partial charge is 0.342 e. The number of para-hydroxylation sites is 1. The van der Waals surface area contributed by atoms with Gasteiger partial charge in [0.25, 0.3) is 5.56 Å². The van der Waals surface area contributed by atoms with E-state index < -0.39 is 5.97 Å². The molecule has 1 N–H and O–H groups in total. The standard InChI is InChI=1S/C17H12N4O3/c22-16-12-6-2-4-8-15(12)19-20-21(16)10-24-17(23)13-9-18-14-7-3-1-5-11(13)14/h1-9,18H,10H2. The average Bonchev–Trinajstić information content (AvgIpc) is 3.05. The van der Waals surface area contributed by atoms with Gasteiger partial charge in [-0.1, -0.05) is 35.5 Å². The van der Waals surface area contributed by atoms with Gasteiger partial charge in [0.05, 0.1) is 10.9 Å². The maximum Gasteiger partial charge on any atom is 0.342 e. The largest absolute Gasteiger partial charge is 0.438 e. The van der Waals surface area contributed by atoms with Crippen molar-refractivity contribution in [1.82, 2.24) is 20.0 Å². The first-order chi connectivity index (χ1) is 11.7. The number of hydrogen-bond acceptors (Lipinski definition) is 5. The molecule has 7 nitrogen and oxygen atoms in total. The van der Waals surface area contributed by atoms with Crippen molar-refractivity contribution in [3.63, 3.8) is 0 Å². The van der Waals surface area contributed by atoms with Crippen molar-refractivity contribution in [3.05, 3.63) is 70.6 Å². The minimum Gasteiger partial charge on any atom is -0.438 e. The molecule has 0 bridgehead atoms. The van der Waals surface area contributed by atoms with Crippen molar-refractivity contribution in [3.8, 4) is 0 Å². The van der Waals surface area contributed by atoms with E-state index in [-0.39, 0.29) is 12.3 Å². The van der Waals surface area contributed by atoms with Crippen LogP contribution < -0.4 is 5.56 Å². The predicted molar refractivity (Wildman–Crippen MR) is 87.5 cm³/mol. The Hall–Kier alpha value is -3.48. The SMILES string of the molecule is O=C(OCn1nnc2ccccc2c1=O)c1c[nH]c2ccccc12. The lowest BCUT2D eigenvalue weighted by Crippen LogP contribution is -2.26. The van der Waals surface area contributed by atoms with Gasteiger partial charge in [0.15, 0.2) is 6.73 Å². The van der Waals surface area contributed by atoms with Crippen molar-refractivity contribution >= 4 is 27.8 Å². The molecule has 0 unspecified atom stereocenters. The summed E-state index contributed by atoms with van der Waals surface area (Å²) in [6, 6.07) is 14.3. The highest BCUT2D eigenvalue weighted by Crippen LogP contribution is 2.18. The summed E-state index contributed by atoms with van der Waals surface area (Å²) in [5.74, 6) is -0.533. The van der Waals surface area contributed by atoms with E-state index in [9.17, 15) is 9.59 Å². The topological polar surface area (TPSA) is 89.9 Å². The second kappa shape index (κ2) is 5.62. The summed E-state index contributed by atoms with van der Waals surface area (Å²) in [6.45, 7) is -0.297. The number of hydrogen-bond donors (Lipinski definition) is 1. The summed E-state index contributed by atoms with van der Waals surface area (Å²) in [6.07, 6.45) is 1.59. The minimum absolute atomic E-state index is 0.297. The summed E-state index contributed by atoms with van der Waals surface area (Å²) in [4.78, 5) is 27.6. The van der Waals surface area contributed by atoms with Gasteiger partial charge >= 0.3 is 5.97 Å². The Labute approximate surface area is 135 Å². The number of nitrogens with one attached hydrogen (secondary N) is 1. The molecule has 0 radical (unpaired) electrons. The number of nitrogens with zero attached hydrogens (tertiary/aromatic N) is 3. The van der Waals surface area contributed by atoms with Crippen LogP contribution in [0.15, 0.2) is 59.5 Å². The van der Waals surface area contributed by atoms with Gasteiger partial charge in [0, 0.05) is 17.1 Å². The van der Waals surface area contributed by atoms with Crippen molar-refractivity contribution in [2.24, 2.45) is 0 Å². The molecule has 0 saturated carbocycles. The Morgan fingerprint density at radius 3 is 2.71 bits per heavy atom. The fraction of sp³-hybridized carbons (Fsp3) is 0.0588. The highest BCUT2D eigenvalue weighted by atomic mass is 16.5. The summed E-state index contributed by atoms with van der Waals surface area (Å²) < 4.78 is 6.23. The van der Waals surface area contributed by atoms with Crippen molar-refractivity contribution in [2.45, 2.75) is 6.73 Å². The number of benzene rings is 2. The second-order valence-electron chi connectivity index (χ2n) is 5.22. The first kappa shape index (κ1) is 14.1. The van der Waals surface area contributed by atoms with Crippen molar-refractivity contribution in [2.75, 3.05) is 0 Å². The molecule has 2 aromatic carbocycles. The molecule has 4 aromatic rings. The Kier molecular flexibility index (Phi) is 3.31. The minimum atomic E-state index is -0.533. The summed E-state index contributed by atoms with van der Waals surface area (Å²) in [5, 5.41) is 8.93. The number of carbonyl (C=O) groups excluding carboxylic acids is 1. The zero-order valence-electron chi connectivity index (χ0n) is 12.5. The van der Waals surface area contributed by atoms with Crippen LogP contribution >= 0.6 is 0 Å². The molecule has 0 spiro atoms. The molecule has 24 heavy (non-hydrogen) atoms. The van der Waals surface area contributed by atoms with Crippen LogP contribution in [-0.4, -0.2) is 25.9 Å². The van der Waals surface area contributed by atoms with Crippen LogP contribution in [0.2, 0.25) is 0 Å². The Balaban J connectivity index is 1.60. The molecule has 2 aromatic heterocycles. The van der Waals surface area contributed by atoms with Crippen LogP contribution in [-0.2, 0) is 11.5 Å². The van der Waals surface area contributed by atoms with Gasteiger partial charge < -0.3 is 9.72 Å². The van der Waals surface area contributed by atoms with E-state index in [1.807, 2.05) is 24.3 Å². The van der Waals surface area contributed by atoms with E-state index in [1.54, 1.807) is 30.5 Å². The molecule has 0 saturated heterocycles. The summed E-state index contributed by atoms with van der Waals surface area (Å²) in [5.41, 5.74) is 1.40. The third kappa shape index (κ3) is 2.32. The number of H-pyrrole nitrogens is 1. The summed E-state index contributed by atoms with van der Waals surface area (Å²) in [7, 11) is 0. The monoisotopic (exact) mass is 320 g/mol. The van der Waals surface area contributed by atoms with Crippen LogP contribution in [0, 0.1) is 0 Å². The Bertz CT molecular complexity index is 1110. The average molecular weight is 320 g/mol. The molecule has 2 heterocycles. The maximum absolute atomic E-state index is 12.3. The molecule has 0 aliphatic heterocycles. The fourth-order valence-electron chi connectivity index (χ4n) is 2.55. The lowest BCUT2D eigenvalue weighted by atomic mass is 10.2. The quantitative estimate of drug-likeness (QED) is 0.584. The third-order valence-electron chi connectivity index (χ3n) is 3.76. The molecule has 0 aliphatic rings. The molecule has 0 amide bonds. The molecule has 118 valence electrons. The van der Waals surface area contributed by atoms with Gasteiger partial charge in [-0.15, -0.1) is 5.10 Å². The number of ether oxygens (including phenoxy) is 1. The van der Waals surface area contributed by atoms with Gasteiger partial charge in [-0.05, 0) is 18.2 Å². The number of esters is 1. The van der Waals surface area contributed by atoms with Gasteiger partial charge in [0.2, 0.25) is 0 Å². The highest BCUT2D eigenvalue weighted by Gasteiger charge is 2.14.